The first-order valence-electron chi connectivity index (χ1n) is 6.45. The van der Waals surface area contributed by atoms with Crippen LogP contribution in [0.15, 0.2) is 22.7 Å². The van der Waals surface area contributed by atoms with Gasteiger partial charge in [0, 0.05) is 0 Å². The lowest BCUT2D eigenvalue weighted by molar-refractivity contribution is -0.137. The van der Waals surface area contributed by atoms with Crippen molar-refractivity contribution in [3.05, 3.63) is 28.2 Å². The van der Waals surface area contributed by atoms with Crippen molar-refractivity contribution in [2.75, 3.05) is 13.2 Å². The van der Waals surface area contributed by atoms with E-state index in [0.29, 0.717) is 0 Å². The van der Waals surface area contributed by atoms with E-state index in [2.05, 4.69) is 21.2 Å². The molecule has 0 saturated heterocycles. The van der Waals surface area contributed by atoms with Gasteiger partial charge in [-0.1, -0.05) is 0 Å². The Kier molecular flexibility index (Phi) is 6.10. The van der Waals surface area contributed by atoms with Crippen molar-refractivity contribution in [3.63, 3.8) is 0 Å². The summed E-state index contributed by atoms with van der Waals surface area (Å²) in [5.74, 6) is 0.263. The van der Waals surface area contributed by atoms with Crippen molar-refractivity contribution < 1.29 is 27.4 Å². The van der Waals surface area contributed by atoms with E-state index in [-0.39, 0.29) is 23.4 Å². The van der Waals surface area contributed by atoms with E-state index in [1.54, 1.807) is 20.8 Å². The Balaban J connectivity index is 2.45. The maximum absolute atomic E-state index is 12.5. The van der Waals surface area contributed by atoms with Crippen molar-refractivity contribution in [1.29, 1.82) is 0 Å². The average Bonchev–Trinajstić information content (AvgIpc) is 2.32. The van der Waals surface area contributed by atoms with Crippen molar-refractivity contribution in [2.45, 2.75) is 32.5 Å². The van der Waals surface area contributed by atoms with Crippen LogP contribution in [0.1, 0.15) is 26.3 Å². The second kappa shape index (κ2) is 7.21. The van der Waals surface area contributed by atoms with E-state index in [9.17, 15) is 18.0 Å². The maximum Gasteiger partial charge on any atom is 0.416 e. The molecule has 1 aromatic rings. The summed E-state index contributed by atoms with van der Waals surface area (Å²) >= 11 is 3.02. The van der Waals surface area contributed by atoms with E-state index >= 15 is 0 Å². The van der Waals surface area contributed by atoms with Crippen LogP contribution in [-0.4, -0.2) is 24.8 Å². The molecule has 8 heteroatoms. The summed E-state index contributed by atoms with van der Waals surface area (Å²) in [4.78, 5) is 11.4. The third-order valence-electron chi connectivity index (χ3n) is 2.29. The fourth-order valence-corrected chi connectivity index (χ4v) is 1.92. The minimum Gasteiger partial charge on any atom is -0.491 e. The van der Waals surface area contributed by atoms with Gasteiger partial charge in [0.05, 0.1) is 16.6 Å². The number of alkyl halides is 3. The van der Waals surface area contributed by atoms with Gasteiger partial charge in [0.2, 0.25) is 0 Å². The third kappa shape index (κ3) is 6.55. The van der Waals surface area contributed by atoms with Gasteiger partial charge in [-0.3, -0.25) is 0 Å². The average molecular weight is 384 g/mol. The molecule has 4 nitrogen and oxygen atoms in total. The molecule has 0 unspecified atom stereocenters. The normalized spacial score (nSPS) is 12.0. The summed E-state index contributed by atoms with van der Waals surface area (Å²) in [6, 6.07) is 3.10. The molecule has 0 aromatic heterocycles. The van der Waals surface area contributed by atoms with Crippen LogP contribution >= 0.6 is 15.9 Å². The first kappa shape index (κ1) is 18.6. The number of hydrogen-bond acceptors (Lipinski definition) is 3. The highest BCUT2D eigenvalue weighted by Gasteiger charge is 2.30. The SMILES string of the molecule is CC(C)(C)OC(=O)NCCOc1ccc(C(F)(F)F)cc1Br. The molecule has 1 N–H and O–H groups in total. The number of carbonyl (C=O) groups is 1. The van der Waals surface area contributed by atoms with Crippen LogP contribution in [-0.2, 0) is 10.9 Å². The number of hydrogen-bond donors (Lipinski definition) is 1. The summed E-state index contributed by atoms with van der Waals surface area (Å²) in [7, 11) is 0. The van der Waals surface area contributed by atoms with Gasteiger partial charge in [-0.05, 0) is 54.9 Å². The number of amides is 1. The van der Waals surface area contributed by atoms with Crippen LogP contribution in [0.5, 0.6) is 5.75 Å². The highest BCUT2D eigenvalue weighted by molar-refractivity contribution is 9.10. The van der Waals surface area contributed by atoms with Crippen LogP contribution in [0.4, 0.5) is 18.0 Å². The predicted molar refractivity (Wildman–Crippen MR) is 78.9 cm³/mol. The van der Waals surface area contributed by atoms with Crippen molar-refractivity contribution in [1.82, 2.24) is 5.32 Å². The molecular weight excluding hydrogens is 367 g/mol. The van der Waals surface area contributed by atoms with Gasteiger partial charge in [0.15, 0.2) is 0 Å². The molecule has 0 spiro atoms. The summed E-state index contributed by atoms with van der Waals surface area (Å²) in [6.45, 7) is 5.48. The molecule has 0 radical (unpaired) electrons. The zero-order chi connectivity index (χ0) is 17.0. The second-order valence-electron chi connectivity index (χ2n) is 5.42. The number of halogens is 4. The van der Waals surface area contributed by atoms with E-state index in [0.717, 1.165) is 12.1 Å². The Hall–Kier alpha value is -1.44. The molecule has 0 heterocycles. The molecular formula is C14H17BrF3NO3. The van der Waals surface area contributed by atoms with Gasteiger partial charge in [0.25, 0.3) is 0 Å². The minimum atomic E-state index is -4.40. The van der Waals surface area contributed by atoms with Crippen molar-refractivity contribution in [3.8, 4) is 5.75 Å². The van der Waals surface area contributed by atoms with Crippen LogP contribution in [0.3, 0.4) is 0 Å². The van der Waals surface area contributed by atoms with Crippen LogP contribution in [0.25, 0.3) is 0 Å². The lowest BCUT2D eigenvalue weighted by Gasteiger charge is -2.19. The predicted octanol–water partition coefficient (Wildman–Crippen LogP) is 4.37. The molecule has 0 aliphatic heterocycles. The van der Waals surface area contributed by atoms with Crippen LogP contribution in [0, 0.1) is 0 Å². The topological polar surface area (TPSA) is 47.6 Å². The van der Waals surface area contributed by atoms with Crippen molar-refractivity contribution in [2.24, 2.45) is 0 Å². The Morgan fingerprint density at radius 3 is 2.41 bits per heavy atom. The van der Waals surface area contributed by atoms with Gasteiger partial charge in [-0.2, -0.15) is 13.2 Å². The Morgan fingerprint density at radius 2 is 1.91 bits per heavy atom. The molecule has 0 saturated carbocycles. The number of benzene rings is 1. The quantitative estimate of drug-likeness (QED) is 0.785. The van der Waals surface area contributed by atoms with Crippen LogP contribution in [0.2, 0.25) is 0 Å². The van der Waals surface area contributed by atoms with Gasteiger partial charge in [0.1, 0.15) is 18.0 Å². The Bertz CT molecular complexity index is 527. The fraction of sp³-hybridized carbons (Fsp3) is 0.500. The molecule has 1 aromatic carbocycles. The highest BCUT2D eigenvalue weighted by Crippen LogP contribution is 2.34. The second-order valence-corrected chi connectivity index (χ2v) is 6.27. The van der Waals surface area contributed by atoms with Crippen LogP contribution < -0.4 is 10.1 Å². The molecule has 0 atom stereocenters. The molecule has 124 valence electrons. The number of rotatable bonds is 4. The van der Waals surface area contributed by atoms with E-state index < -0.39 is 23.4 Å². The zero-order valence-corrected chi connectivity index (χ0v) is 14.0. The summed E-state index contributed by atoms with van der Waals surface area (Å²) in [5.41, 5.74) is -1.36. The smallest absolute Gasteiger partial charge is 0.416 e. The highest BCUT2D eigenvalue weighted by atomic mass is 79.9. The van der Waals surface area contributed by atoms with Crippen molar-refractivity contribution >= 4 is 22.0 Å². The molecule has 0 bridgehead atoms. The first-order valence-corrected chi connectivity index (χ1v) is 7.25. The molecule has 1 rings (SSSR count). The zero-order valence-electron chi connectivity index (χ0n) is 12.4. The standard InChI is InChI=1S/C14H17BrF3NO3/c1-13(2,3)22-12(20)19-6-7-21-11-5-4-9(8-10(11)15)14(16,17)18/h4-5,8H,6-7H2,1-3H3,(H,19,20). The number of carbonyl (C=O) groups excluding carboxylic acids is 1. The first-order chi connectivity index (χ1) is 9.99. The largest absolute Gasteiger partial charge is 0.491 e. The van der Waals surface area contributed by atoms with E-state index in [4.69, 9.17) is 9.47 Å². The van der Waals surface area contributed by atoms with Gasteiger partial charge in [-0.15, -0.1) is 0 Å². The lowest BCUT2D eigenvalue weighted by atomic mass is 10.2. The molecule has 0 aliphatic rings. The summed E-state index contributed by atoms with van der Waals surface area (Å²) < 4.78 is 48.0. The molecule has 0 fully saturated rings. The molecule has 22 heavy (non-hydrogen) atoms. The monoisotopic (exact) mass is 383 g/mol. The third-order valence-corrected chi connectivity index (χ3v) is 2.91. The number of alkyl carbamates (subject to hydrolysis) is 1. The van der Waals surface area contributed by atoms with Gasteiger partial charge < -0.3 is 14.8 Å². The summed E-state index contributed by atoms with van der Waals surface area (Å²) in [6.07, 6.45) is -4.98. The fourth-order valence-electron chi connectivity index (χ4n) is 1.42. The molecule has 0 aliphatic carbocycles. The van der Waals surface area contributed by atoms with E-state index in [1.165, 1.54) is 6.07 Å². The van der Waals surface area contributed by atoms with E-state index in [1.807, 2.05) is 0 Å². The lowest BCUT2D eigenvalue weighted by Crippen LogP contribution is -2.34. The summed E-state index contributed by atoms with van der Waals surface area (Å²) in [5, 5.41) is 2.48. The molecule has 1 amide bonds. The Morgan fingerprint density at radius 1 is 1.27 bits per heavy atom. The Labute approximate surface area is 135 Å². The minimum absolute atomic E-state index is 0.100. The van der Waals surface area contributed by atoms with Gasteiger partial charge >= 0.3 is 12.3 Å². The maximum atomic E-state index is 12.5. The van der Waals surface area contributed by atoms with Gasteiger partial charge in [-0.25, -0.2) is 4.79 Å². The number of ether oxygens (including phenoxy) is 2. The number of nitrogens with one attached hydrogen (secondary N) is 1.